The van der Waals surface area contributed by atoms with E-state index in [-0.39, 0.29) is 11.7 Å². The van der Waals surface area contributed by atoms with Crippen LogP contribution in [0.5, 0.6) is 0 Å². The fraction of sp³-hybridized carbons (Fsp3) is 0.750. The number of carboxylic acid groups (broad SMARTS) is 1. The predicted octanol–water partition coefficient (Wildman–Crippen LogP) is 1.70. The van der Waals surface area contributed by atoms with Crippen molar-refractivity contribution in [3.05, 3.63) is 5.82 Å². The lowest BCUT2D eigenvalue weighted by Crippen LogP contribution is -2.40. The lowest BCUT2D eigenvalue weighted by molar-refractivity contribution is -0.133. The molecule has 1 N–H and O–H groups in total. The van der Waals surface area contributed by atoms with Gasteiger partial charge in [-0.05, 0) is 19.3 Å². The van der Waals surface area contributed by atoms with Crippen molar-refractivity contribution in [2.45, 2.75) is 44.2 Å². The minimum absolute atomic E-state index is 0.0179. The number of rotatable bonds is 5. The van der Waals surface area contributed by atoms with E-state index in [1.54, 1.807) is 0 Å². The van der Waals surface area contributed by atoms with Gasteiger partial charge in [0.15, 0.2) is 5.82 Å². The van der Waals surface area contributed by atoms with Crippen molar-refractivity contribution in [1.29, 1.82) is 0 Å². The average Bonchev–Trinajstić information content (AvgIpc) is 2.81. The summed E-state index contributed by atoms with van der Waals surface area (Å²) < 4.78 is 2.03. The van der Waals surface area contributed by atoms with Crippen LogP contribution in [0.15, 0.2) is 5.16 Å². The Morgan fingerprint density at radius 1 is 1.32 bits per heavy atom. The molecule has 0 spiro atoms. The fourth-order valence-corrected chi connectivity index (χ4v) is 2.88. The van der Waals surface area contributed by atoms with Crippen LogP contribution in [0.25, 0.3) is 0 Å². The van der Waals surface area contributed by atoms with E-state index in [1.165, 1.54) is 31.0 Å². The SMILES string of the molecule is CC(C)c1nnc(SCC(=O)O)n1N1CCCCC1. The minimum atomic E-state index is -0.829. The van der Waals surface area contributed by atoms with Gasteiger partial charge in [-0.1, -0.05) is 25.6 Å². The molecule has 0 atom stereocenters. The molecule has 1 saturated heterocycles. The zero-order chi connectivity index (χ0) is 13.8. The maximum absolute atomic E-state index is 10.7. The van der Waals surface area contributed by atoms with Gasteiger partial charge in [0.1, 0.15) is 0 Å². The molecule has 0 aliphatic carbocycles. The van der Waals surface area contributed by atoms with Gasteiger partial charge in [-0.25, -0.2) is 4.68 Å². The molecule has 0 radical (unpaired) electrons. The molecule has 6 nitrogen and oxygen atoms in total. The minimum Gasteiger partial charge on any atom is -0.481 e. The Hall–Kier alpha value is -1.24. The van der Waals surface area contributed by atoms with Gasteiger partial charge in [-0.2, -0.15) is 0 Å². The highest BCUT2D eigenvalue weighted by atomic mass is 32.2. The van der Waals surface area contributed by atoms with Crippen molar-refractivity contribution in [3.8, 4) is 0 Å². The second-order valence-corrected chi connectivity index (χ2v) is 5.95. The number of carboxylic acids is 1. The lowest BCUT2D eigenvalue weighted by atomic mass is 10.1. The zero-order valence-corrected chi connectivity index (χ0v) is 12.2. The van der Waals surface area contributed by atoms with Crippen LogP contribution in [-0.2, 0) is 4.79 Å². The number of thioether (sulfide) groups is 1. The van der Waals surface area contributed by atoms with Gasteiger partial charge >= 0.3 is 5.97 Å². The molecule has 106 valence electrons. The van der Waals surface area contributed by atoms with Crippen molar-refractivity contribution in [1.82, 2.24) is 14.9 Å². The molecular formula is C12H20N4O2S. The van der Waals surface area contributed by atoms with E-state index in [1.807, 2.05) is 4.68 Å². The highest BCUT2D eigenvalue weighted by Crippen LogP contribution is 2.23. The predicted molar refractivity (Wildman–Crippen MR) is 74.3 cm³/mol. The Balaban J connectivity index is 2.24. The van der Waals surface area contributed by atoms with Gasteiger partial charge in [-0.15, -0.1) is 10.2 Å². The largest absolute Gasteiger partial charge is 0.481 e. The van der Waals surface area contributed by atoms with E-state index in [0.29, 0.717) is 5.16 Å². The van der Waals surface area contributed by atoms with Gasteiger partial charge < -0.3 is 10.1 Å². The van der Waals surface area contributed by atoms with Crippen LogP contribution in [0.4, 0.5) is 0 Å². The fourth-order valence-electron chi connectivity index (χ4n) is 2.20. The molecule has 0 amide bonds. The molecule has 19 heavy (non-hydrogen) atoms. The van der Waals surface area contributed by atoms with Crippen LogP contribution in [0, 0.1) is 0 Å². The van der Waals surface area contributed by atoms with Crippen molar-refractivity contribution >= 4 is 17.7 Å². The summed E-state index contributed by atoms with van der Waals surface area (Å²) in [6, 6.07) is 0. The average molecular weight is 284 g/mol. The van der Waals surface area contributed by atoms with Gasteiger partial charge in [0, 0.05) is 19.0 Å². The van der Waals surface area contributed by atoms with E-state index >= 15 is 0 Å². The zero-order valence-electron chi connectivity index (χ0n) is 11.4. The third kappa shape index (κ3) is 3.40. The molecule has 0 saturated carbocycles. The Kier molecular flexibility index (Phi) is 4.68. The van der Waals surface area contributed by atoms with E-state index in [9.17, 15) is 4.79 Å². The normalized spacial score (nSPS) is 16.1. The molecule has 0 aromatic carbocycles. The van der Waals surface area contributed by atoms with Crippen LogP contribution in [0.2, 0.25) is 0 Å². The molecule has 0 unspecified atom stereocenters. The Bertz CT molecular complexity index is 441. The highest BCUT2D eigenvalue weighted by Gasteiger charge is 2.22. The number of aromatic nitrogens is 3. The molecule has 2 heterocycles. The maximum atomic E-state index is 10.7. The second-order valence-electron chi connectivity index (χ2n) is 5.00. The lowest BCUT2D eigenvalue weighted by Gasteiger charge is -2.31. The molecule has 0 bridgehead atoms. The molecule has 7 heteroatoms. The topological polar surface area (TPSA) is 71.2 Å². The van der Waals surface area contributed by atoms with E-state index in [0.717, 1.165) is 18.9 Å². The molecular weight excluding hydrogens is 264 g/mol. The summed E-state index contributed by atoms with van der Waals surface area (Å²) in [5.74, 6) is 0.372. The van der Waals surface area contributed by atoms with Gasteiger partial charge in [0.25, 0.3) is 0 Å². The standard InChI is InChI=1S/C12H20N4O2S/c1-9(2)11-13-14-12(19-8-10(17)18)16(11)15-6-4-3-5-7-15/h9H,3-8H2,1-2H3,(H,17,18). The Labute approximate surface area is 117 Å². The summed E-state index contributed by atoms with van der Waals surface area (Å²) in [5, 5.41) is 20.1. The number of carbonyl (C=O) groups is 1. The monoisotopic (exact) mass is 284 g/mol. The first-order chi connectivity index (χ1) is 9.09. The number of hydrogen-bond donors (Lipinski definition) is 1. The van der Waals surface area contributed by atoms with Gasteiger partial charge in [0.05, 0.1) is 5.75 Å². The van der Waals surface area contributed by atoms with E-state index in [2.05, 4.69) is 29.1 Å². The van der Waals surface area contributed by atoms with Crippen LogP contribution in [0.3, 0.4) is 0 Å². The van der Waals surface area contributed by atoms with E-state index in [4.69, 9.17) is 5.11 Å². The number of piperidine rings is 1. The quantitative estimate of drug-likeness (QED) is 0.830. The van der Waals surface area contributed by atoms with Crippen molar-refractivity contribution in [2.75, 3.05) is 23.9 Å². The van der Waals surface area contributed by atoms with Crippen molar-refractivity contribution in [3.63, 3.8) is 0 Å². The third-order valence-electron chi connectivity index (χ3n) is 3.09. The Morgan fingerprint density at radius 3 is 2.58 bits per heavy atom. The number of nitrogens with zero attached hydrogens (tertiary/aromatic N) is 4. The third-order valence-corrected chi connectivity index (χ3v) is 4.00. The molecule has 1 aliphatic rings. The first-order valence-electron chi connectivity index (χ1n) is 6.64. The van der Waals surface area contributed by atoms with Crippen molar-refractivity contribution in [2.24, 2.45) is 0 Å². The molecule has 1 fully saturated rings. The summed E-state index contributed by atoms with van der Waals surface area (Å²) in [6.07, 6.45) is 3.59. The first kappa shape index (κ1) is 14.2. The van der Waals surface area contributed by atoms with Crippen LogP contribution in [0.1, 0.15) is 44.9 Å². The summed E-state index contributed by atoms with van der Waals surface area (Å²) in [4.78, 5) is 10.7. The van der Waals surface area contributed by atoms with Crippen LogP contribution >= 0.6 is 11.8 Å². The molecule has 1 aliphatic heterocycles. The van der Waals surface area contributed by atoms with Crippen LogP contribution < -0.4 is 5.01 Å². The number of hydrogen-bond acceptors (Lipinski definition) is 5. The molecule has 1 aromatic rings. The van der Waals surface area contributed by atoms with Crippen molar-refractivity contribution < 1.29 is 9.90 Å². The number of aliphatic carboxylic acids is 1. The summed E-state index contributed by atoms with van der Waals surface area (Å²) in [5.41, 5.74) is 0. The summed E-state index contributed by atoms with van der Waals surface area (Å²) in [6.45, 7) is 6.13. The van der Waals surface area contributed by atoms with E-state index < -0.39 is 5.97 Å². The smallest absolute Gasteiger partial charge is 0.313 e. The second kappa shape index (κ2) is 6.27. The van der Waals surface area contributed by atoms with Gasteiger partial charge in [-0.3, -0.25) is 4.79 Å². The summed E-state index contributed by atoms with van der Waals surface area (Å²) in [7, 11) is 0. The maximum Gasteiger partial charge on any atom is 0.313 e. The molecule has 1 aromatic heterocycles. The van der Waals surface area contributed by atoms with Gasteiger partial charge in [0.2, 0.25) is 5.16 Å². The van der Waals surface area contributed by atoms with Crippen LogP contribution in [-0.4, -0.2) is 44.8 Å². The first-order valence-corrected chi connectivity index (χ1v) is 7.63. The summed E-state index contributed by atoms with van der Waals surface area (Å²) >= 11 is 1.24. The highest BCUT2D eigenvalue weighted by molar-refractivity contribution is 7.99. The Morgan fingerprint density at radius 2 is 2.00 bits per heavy atom. The molecule has 2 rings (SSSR count).